The van der Waals surface area contributed by atoms with Crippen LogP contribution in [0.3, 0.4) is 0 Å². The number of aliphatic carboxylic acids is 1. The Morgan fingerprint density at radius 2 is 1.75 bits per heavy atom. The number of carbonyl (C=O) groups excluding carboxylic acids is 1. The van der Waals surface area contributed by atoms with Crippen molar-refractivity contribution >= 4 is 11.9 Å². The van der Waals surface area contributed by atoms with Crippen LogP contribution in [0.2, 0.25) is 0 Å². The van der Waals surface area contributed by atoms with Crippen molar-refractivity contribution in [3.8, 4) is 17.2 Å². The van der Waals surface area contributed by atoms with E-state index in [4.69, 9.17) is 14.2 Å². The largest absolute Gasteiger partial charge is 0.493 e. The Balaban J connectivity index is 2.23. The van der Waals surface area contributed by atoms with Gasteiger partial charge in [-0.15, -0.1) is 0 Å². The highest BCUT2D eigenvalue weighted by Gasteiger charge is 2.32. The molecule has 1 amide bonds. The Hall–Kier alpha value is -2.44. The van der Waals surface area contributed by atoms with Crippen molar-refractivity contribution in [1.29, 1.82) is 0 Å². The second kappa shape index (κ2) is 7.90. The Morgan fingerprint density at radius 3 is 2.25 bits per heavy atom. The third kappa shape index (κ3) is 3.72. The van der Waals surface area contributed by atoms with Gasteiger partial charge in [0.15, 0.2) is 11.5 Å². The summed E-state index contributed by atoms with van der Waals surface area (Å²) in [5.74, 6) is 0.225. The lowest BCUT2D eigenvalue weighted by atomic mass is 10.0. The summed E-state index contributed by atoms with van der Waals surface area (Å²) < 4.78 is 15.8. The third-order valence-corrected chi connectivity index (χ3v) is 4.19. The van der Waals surface area contributed by atoms with Crippen molar-refractivity contribution in [3.63, 3.8) is 0 Å². The average molecular weight is 337 g/mol. The first-order valence-corrected chi connectivity index (χ1v) is 7.83. The molecule has 1 saturated heterocycles. The van der Waals surface area contributed by atoms with E-state index in [-0.39, 0.29) is 12.3 Å². The minimum Gasteiger partial charge on any atom is -0.493 e. The van der Waals surface area contributed by atoms with Crippen molar-refractivity contribution in [2.24, 2.45) is 0 Å². The molecule has 1 heterocycles. The predicted molar refractivity (Wildman–Crippen MR) is 86.8 cm³/mol. The van der Waals surface area contributed by atoms with E-state index in [1.165, 1.54) is 26.2 Å². The third-order valence-electron chi connectivity index (χ3n) is 4.19. The molecular formula is C17H23NO6. The molecule has 0 radical (unpaired) electrons. The van der Waals surface area contributed by atoms with E-state index in [1.807, 2.05) is 0 Å². The summed E-state index contributed by atoms with van der Waals surface area (Å²) in [7, 11) is 4.53. The highest BCUT2D eigenvalue weighted by atomic mass is 16.5. The number of hydrogen-bond acceptors (Lipinski definition) is 5. The van der Waals surface area contributed by atoms with Crippen molar-refractivity contribution in [2.45, 2.75) is 31.7 Å². The number of likely N-dealkylation sites (tertiary alicyclic amines) is 1. The minimum absolute atomic E-state index is 0.0838. The highest BCUT2D eigenvalue weighted by molar-refractivity contribution is 5.85. The number of nitrogens with zero attached hydrogens (tertiary/aromatic N) is 1. The van der Waals surface area contributed by atoms with Gasteiger partial charge in [-0.05, 0) is 37.0 Å². The van der Waals surface area contributed by atoms with Gasteiger partial charge in [-0.1, -0.05) is 0 Å². The van der Waals surface area contributed by atoms with Crippen molar-refractivity contribution in [3.05, 3.63) is 17.7 Å². The first-order valence-electron chi connectivity index (χ1n) is 7.83. The van der Waals surface area contributed by atoms with E-state index in [0.717, 1.165) is 12.8 Å². The Kier molecular flexibility index (Phi) is 5.89. The van der Waals surface area contributed by atoms with E-state index in [2.05, 4.69) is 0 Å². The van der Waals surface area contributed by atoms with Crippen LogP contribution in [0.1, 0.15) is 24.8 Å². The van der Waals surface area contributed by atoms with Crippen LogP contribution in [0, 0.1) is 0 Å². The zero-order valence-electron chi connectivity index (χ0n) is 14.2. The normalized spacial score (nSPS) is 17.3. The molecule has 1 aromatic rings. The summed E-state index contributed by atoms with van der Waals surface area (Å²) in [6.07, 6.45) is 2.23. The fraction of sp³-hybridized carbons (Fsp3) is 0.529. The quantitative estimate of drug-likeness (QED) is 0.851. The second-order valence-corrected chi connectivity index (χ2v) is 5.65. The second-order valence-electron chi connectivity index (χ2n) is 5.65. The van der Waals surface area contributed by atoms with Crippen molar-refractivity contribution in [1.82, 2.24) is 4.90 Å². The number of amides is 1. The van der Waals surface area contributed by atoms with E-state index in [1.54, 1.807) is 12.1 Å². The zero-order chi connectivity index (χ0) is 17.7. The first kappa shape index (κ1) is 17.9. The molecule has 7 nitrogen and oxygen atoms in total. The maximum absolute atomic E-state index is 12.6. The summed E-state index contributed by atoms with van der Waals surface area (Å²) in [4.78, 5) is 25.4. The van der Waals surface area contributed by atoms with E-state index in [9.17, 15) is 14.7 Å². The van der Waals surface area contributed by atoms with Crippen molar-refractivity contribution in [2.75, 3.05) is 27.9 Å². The minimum atomic E-state index is -0.951. The molecule has 7 heteroatoms. The molecule has 1 aliphatic heterocycles. The van der Waals surface area contributed by atoms with Gasteiger partial charge in [-0.25, -0.2) is 4.79 Å². The number of methoxy groups -OCH3 is 3. The van der Waals surface area contributed by atoms with Crippen LogP contribution in [0.4, 0.5) is 0 Å². The maximum Gasteiger partial charge on any atom is 0.326 e. The smallest absolute Gasteiger partial charge is 0.326 e. The molecule has 2 rings (SSSR count). The first-order chi connectivity index (χ1) is 11.5. The summed E-state index contributed by atoms with van der Waals surface area (Å²) in [6.45, 7) is 0.472. The molecule has 0 bridgehead atoms. The maximum atomic E-state index is 12.6. The monoisotopic (exact) mass is 337 g/mol. The number of benzene rings is 1. The summed E-state index contributed by atoms with van der Waals surface area (Å²) >= 11 is 0. The molecule has 132 valence electrons. The van der Waals surface area contributed by atoms with Gasteiger partial charge in [0.2, 0.25) is 11.7 Å². The standard InChI is InChI=1S/C17H23NO6/c1-22-13-8-11(9-14(23-2)16(13)24-3)10-15(19)18-7-5-4-6-12(18)17(20)21/h8-9,12H,4-7,10H2,1-3H3,(H,20,21)/t12-/m0/s1. The predicted octanol–water partition coefficient (Wildman–Crippen LogP) is 1.72. The number of hydrogen-bond donors (Lipinski definition) is 1. The van der Waals surface area contributed by atoms with Gasteiger partial charge in [-0.2, -0.15) is 0 Å². The fourth-order valence-electron chi connectivity index (χ4n) is 3.00. The van der Waals surface area contributed by atoms with Gasteiger partial charge in [0.1, 0.15) is 6.04 Å². The molecule has 1 atom stereocenters. The number of piperidine rings is 1. The van der Waals surface area contributed by atoms with Crippen LogP contribution in [0.5, 0.6) is 17.2 Å². The number of rotatable bonds is 6. The average Bonchev–Trinajstić information content (AvgIpc) is 2.60. The molecule has 24 heavy (non-hydrogen) atoms. The fourth-order valence-corrected chi connectivity index (χ4v) is 3.00. The molecule has 0 aromatic heterocycles. The number of ether oxygens (including phenoxy) is 3. The van der Waals surface area contributed by atoms with E-state index < -0.39 is 12.0 Å². The molecular weight excluding hydrogens is 314 g/mol. The molecule has 1 aliphatic rings. The Labute approximate surface area is 141 Å². The summed E-state index contributed by atoms with van der Waals surface area (Å²) in [5.41, 5.74) is 0.684. The van der Waals surface area contributed by atoms with Gasteiger partial charge in [0, 0.05) is 6.54 Å². The lowest BCUT2D eigenvalue weighted by Crippen LogP contribution is -2.48. The number of carboxylic acids is 1. The van der Waals surface area contributed by atoms with Crippen LogP contribution in [-0.2, 0) is 16.0 Å². The molecule has 0 aliphatic carbocycles. The van der Waals surface area contributed by atoms with Gasteiger partial charge in [0.25, 0.3) is 0 Å². The van der Waals surface area contributed by atoms with Crippen LogP contribution >= 0.6 is 0 Å². The molecule has 0 spiro atoms. The zero-order valence-corrected chi connectivity index (χ0v) is 14.2. The van der Waals surface area contributed by atoms with Crippen LogP contribution < -0.4 is 14.2 Å². The lowest BCUT2D eigenvalue weighted by molar-refractivity contribution is -0.151. The lowest BCUT2D eigenvalue weighted by Gasteiger charge is -2.33. The van der Waals surface area contributed by atoms with Crippen LogP contribution in [0.15, 0.2) is 12.1 Å². The van der Waals surface area contributed by atoms with Crippen molar-refractivity contribution < 1.29 is 28.9 Å². The number of carbonyl (C=O) groups is 2. The summed E-state index contributed by atoms with van der Waals surface area (Å²) in [6, 6.07) is 2.67. The van der Waals surface area contributed by atoms with Gasteiger partial charge in [-0.3, -0.25) is 4.79 Å². The van der Waals surface area contributed by atoms with E-state index >= 15 is 0 Å². The molecule has 0 saturated carbocycles. The SMILES string of the molecule is COc1cc(CC(=O)N2CCCC[C@H]2C(=O)O)cc(OC)c1OC. The van der Waals surface area contributed by atoms with Gasteiger partial charge in [0.05, 0.1) is 27.8 Å². The van der Waals surface area contributed by atoms with Gasteiger partial charge >= 0.3 is 5.97 Å². The van der Waals surface area contributed by atoms with Crippen LogP contribution in [0.25, 0.3) is 0 Å². The summed E-state index contributed by atoms with van der Waals surface area (Å²) in [5, 5.41) is 9.31. The Bertz CT molecular complexity index is 590. The molecule has 0 unspecified atom stereocenters. The number of carboxylic acid groups (broad SMARTS) is 1. The molecule has 1 aromatic carbocycles. The highest BCUT2D eigenvalue weighted by Crippen LogP contribution is 2.38. The molecule has 1 N–H and O–H groups in total. The Morgan fingerprint density at radius 1 is 1.12 bits per heavy atom. The van der Waals surface area contributed by atoms with Gasteiger partial charge < -0.3 is 24.2 Å². The molecule has 1 fully saturated rings. The van der Waals surface area contributed by atoms with Crippen LogP contribution in [-0.4, -0.2) is 55.8 Å². The van der Waals surface area contributed by atoms with E-state index in [0.29, 0.717) is 35.8 Å². The topological polar surface area (TPSA) is 85.3 Å².